The van der Waals surface area contributed by atoms with E-state index >= 15 is 0 Å². The van der Waals surface area contributed by atoms with E-state index in [1.807, 2.05) is 37.3 Å². The molecule has 0 aromatic heterocycles. The molecule has 0 aliphatic rings. The van der Waals surface area contributed by atoms with Crippen LogP contribution in [0.4, 0.5) is 0 Å². The van der Waals surface area contributed by atoms with Gasteiger partial charge in [0.1, 0.15) is 11.8 Å². The van der Waals surface area contributed by atoms with Crippen molar-refractivity contribution in [1.82, 2.24) is 10.6 Å². The average molecular weight is 355 g/mol. The third-order valence-electron chi connectivity index (χ3n) is 3.92. The third-order valence-corrected chi connectivity index (χ3v) is 3.92. The predicted octanol–water partition coefficient (Wildman–Crippen LogP) is 2.02. The fraction of sp³-hybridized carbons (Fsp3) is 0.300. The van der Waals surface area contributed by atoms with Gasteiger partial charge in [0.2, 0.25) is 5.91 Å². The van der Waals surface area contributed by atoms with Crippen LogP contribution in [0.5, 0.6) is 5.75 Å². The molecule has 0 saturated heterocycles. The molecular weight excluding hydrogens is 330 g/mol. The van der Waals surface area contributed by atoms with Crippen LogP contribution >= 0.6 is 0 Å². The van der Waals surface area contributed by atoms with E-state index in [9.17, 15) is 9.59 Å². The summed E-state index contributed by atoms with van der Waals surface area (Å²) in [5, 5.41) is 5.64. The molecule has 4 N–H and O–H groups in total. The summed E-state index contributed by atoms with van der Waals surface area (Å²) >= 11 is 0. The van der Waals surface area contributed by atoms with Crippen molar-refractivity contribution in [1.29, 1.82) is 0 Å². The molecule has 0 bridgehead atoms. The van der Waals surface area contributed by atoms with Crippen LogP contribution in [0.3, 0.4) is 0 Å². The number of rotatable bonds is 8. The number of amides is 2. The summed E-state index contributed by atoms with van der Waals surface area (Å²) < 4.78 is 5.10. The number of hydrogen-bond acceptors (Lipinski definition) is 4. The van der Waals surface area contributed by atoms with Crippen molar-refractivity contribution < 1.29 is 14.3 Å². The first kappa shape index (κ1) is 19.5. The summed E-state index contributed by atoms with van der Waals surface area (Å²) in [5.41, 5.74) is 6.88. The van der Waals surface area contributed by atoms with Gasteiger partial charge in [-0.05, 0) is 43.2 Å². The molecule has 2 aromatic rings. The van der Waals surface area contributed by atoms with Crippen LogP contribution < -0.4 is 21.1 Å². The number of ether oxygens (including phenoxy) is 1. The molecule has 138 valence electrons. The molecule has 0 aliphatic carbocycles. The van der Waals surface area contributed by atoms with E-state index in [4.69, 9.17) is 10.5 Å². The Labute approximate surface area is 153 Å². The number of carbonyl (C=O) groups excluding carboxylic acids is 2. The first-order valence-electron chi connectivity index (χ1n) is 8.54. The van der Waals surface area contributed by atoms with Gasteiger partial charge in [0.15, 0.2) is 0 Å². The quantitative estimate of drug-likeness (QED) is 0.675. The normalized spacial score (nSPS) is 12.7. The predicted molar refractivity (Wildman–Crippen MR) is 101 cm³/mol. The molecule has 2 rings (SSSR count). The van der Waals surface area contributed by atoms with E-state index in [2.05, 4.69) is 10.6 Å². The van der Waals surface area contributed by atoms with Crippen LogP contribution in [0.15, 0.2) is 54.6 Å². The number of hydrogen-bond donors (Lipinski definition) is 3. The fourth-order valence-corrected chi connectivity index (χ4v) is 2.43. The molecule has 0 heterocycles. The standard InChI is InChI=1S/C20H25N3O3/c1-14(21)12-13-22-20(25)18(15-6-4-3-5-7-15)23-19(24)16-8-10-17(26-2)11-9-16/h3-11,14,18H,12-13,21H2,1-2H3,(H,22,25)(H,23,24). The van der Waals surface area contributed by atoms with Gasteiger partial charge in [-0.25, -0.2) is 0 Å². The second kappa shape index (κ2) is 9.58. The van der Waals surface area contributed by atoms with E-state index < -0.39 is 6.04 Å². The molecule has 6 nitrogen and oxygen atoms in total. The lowest BCUT2D eigenvalue weighted by Crippen LogP contribution is -2.41. The molecule has 6 heteroatoms. The molecule has 2 unspecified atom stereocenters. The molecule has 0 spiro atoms. The van der Waals surface area contributed by atoms with Gasteiger partial charge in [-0.15, -0.1) is 0 Å². The fourth-order valence-electron chi connectivity index (χ4n) is 2.43. The van der Waals surface area contributed by atoms with Gasteiger partial charge in [-0.1, -0.05) is 30.3 Å². The molecule has 2 atom stereocenters. The maximum absolute atomic E-state index is 12.6. The van der Waals surface area contributed by atoms with Gasteiger partial charge < -0.3 is 21.1 Å². The van der Waals surface area contributed by atoms with Crippen LogP contribution in [0, 0.1) is 0 Å². The number of nitrogens with two attached hydrogens (primary N) is 1. The van der Waals surface area contributed by atoms with E-state index in [0.29, 0.717) is 29.8 Å². The van der Waals surface area contributed by atoms with Gasteiger partial charge >= 0.3 is 0 Å². The van der Waals surface area contributed by atoms with Crippen LogP contribution in [0.25, 0.3) is 0 Å². The summed E-state index contributed by atoms with van der Waals surface area (Å²) in [7, 11) is 1.56. The molecule has 0 aliphatic heterocycles. The molecule has 26 heavy (non-hydrogen) atoms. The Bertz CT molecular complexity index is 715. The van der Waals surface area contributed by atoms with Crippen molar-refractivity contribution in [3.8, 4) is 5.75 Å². The number of carbonyl (C=O) groups is 2. The number of nitrogens with one attached hydrogen (secondary N) is 2. The van der Waals surface area contributed by atoms with Crippen LogP contribution in [-0.2, 0) is 4.79 Å². The number of benzene rings is 2. The first-order valence-corrected chi connectivity index (χ1v) is 8.54. The highest BCUT2D eigenvalue weighted by Crippen LogP contribution is 2.16. The van der Waals surface area contributed by atoms with Crippen molar-refractivity contribution in [2.75, 3.05) is 13.7 Å². The Kier molecular flexibility index (Phi) is 7.17. The second-order valence-electron chi connectivity index (χ2n) is 6.10. The van der Waals surface area contributed by atoms with E-state index in [-0.39, 0.29) is 17.9 Å². The summed E-state index contributed by atoms with van der Waals surface area (Å²) in [6.07, 6.45) is 0.666. The molecule has 0 radical (unpaired) electrons. The van der Waals surface area contributed by atoms with Crippen LogP contribution in [0.1, 0.15) is 35.3 Å². The monoisotopic (exact) mass is 355 g/mol. The van der Waals surface area contributed by atoms with Gasteiger partial charge in [-0.2, -0.15) is 0 Å². The molecule has 2 amide bonds. The zero-order valence-corrected chi connectivity index (χ0v) is 15.1. The summed E-state index contributed by atoms with van der Waals surface area (Å²) in [5.74, 6) is 0.0670. The van der Waals surface area contributed by atoms with E-state index in [1.54, 1.807) is 31.4 Å². The van der Waals surface area contributed by atoms with Gasteiger partial charge in [0.05, 0.1) is 7.11 Å². The minimum absolute atomic E-state index is 0.000587. The smallest absolute Gasteiger partial charge is 0.252 e. The summed E-state index contributed by atoms with van der Waals surface area (Å²) in [4.78, 5) is 25.2. The lowest BCUT2D eigenvalue weighted by molar-refractivity contribution is -0.123. The molecule has 2 aromatic carbocycles. The number of methoxy groups -OCH3 is 1. The molecule has 0 fully saturated rings. The van der Waals surface area contributed by atoms with E-state index in [0.717, 1.165) is 0 Å². The van der Waals surface area contributed by atoms with Crippen LogP contribution in [-0.4, -0.2) is 31.5 Å². The van der Waals surface area contributed by atoms with Crippen molar-refractivity contribution >= 4 is 11.8 Å². The Balaban J connectivity index is 2.12. The van der Waals surface area contributed by atoms with Gasteiger partial charge in [0, 0.05) is 18.2 Å². The highest BCUT2D eigenvalue weighted by molar-refractivity contribution is 5.98. The molecular formula is C20H25N3O3. The zero-order chi connectivity index (χ0) is 18.9. The van der Waals surface area contributed by atoms with Gasteiger partial charge in [-0.3, -0.25) is 9.59 Å². The summed E-state index contributed by atoms with van der Waals surface area (Å²) in [6, 6.07) is 15.1. The van der Waals surface area contributed by atoms with Gasteiger partial charge in [0.25, 0.3) is 5.91 Å². The Morgan fingerprint density at radius 1 is 1.08 bits per heavy atom. The Morgan fingerprint density at radius 2 is 1.73 bits per heavy atom. The van der Waals surface area contributed by atoms with Crippen molar-refractivity contribution in [3.63, 3.8) is 0 Å². The third kappa shape index (κ3) is 5.60. The SMILES string of the molecule is COc1ccc(C(=O)NC(C(=O)NCCC(C)N)c2ccccc2)cc1. The highest BCUT2D eigenvalue weighted by Gasteiger charge is 2.23. The first-order chi connectivity index (χ1) is 12.5. The highest BCUT2D eigenvalue weighted by atomic mass is 16.5. The average Bonchev–Trinajstić information content (AvgIpc) is 2.66. The minimum atomic E-state index is -0.779. The van der Waals surface area contributed by atoms with Crippen molar-refractivity contribution in [2.24, 2.45) is 5.73 Å². The summed E-state index contributed by atoms with van der Waals surface area (Å²) in [6.45, 7) is 2.34. The topological polar surface area (TPSA) is 93.4 Å². The van der Waals surface area contributed by atoms with E-state index in [1.165, 1.54) is 0 Å². The largest absolute Gasteiger partial charge is 0.497 e. The molecule has 0 saturated carbocycles. The lowest BCUT2D eigenvalue weighted by atomic mass is 10.1. The minimum Gasteiger partial charge on any atom is -0.497 e. The second-order valence-corrected chi connectivity index (χ2v) is 6.10. The Hall–Kier alpha value is -2.86. The maximum atomic E-state index is 12.6. The Morgan fingerprint density at radius 3 is 2.31 bits per heavy atom. The lowest BCUT2D eigenvalue weighted by Gasteiger charge is -2.19. The maximum Gasteiger partial charge on any atom is 0.252 e. The van der Waals surface area contributed by atoms with Crippen LogP contribution in [0.2, 0.25) is 0 Å². The zero-order valence-electron chi connectivity index (χ0n) is 15.1. The van der Waals surface area contributed by atoms with Crippen molar-refractivity contribution in [3.05, 3.63) is 65.7 Å². The van der Waals surface area contributed by atoms with Crippen molar-refractivity contribution in [2.45, 2.75) is 25.4 Å².